The van der Waals surface area contributed by atoms with Crippen LogP contribution >= 0.6 is 0 Å². The van der Waals surface area contributed by atoms with Gasteiger partial charge in [0, 0.05) is 30.6 Å². The van der Waals surface area contributed by atoms with Crippen LogP contribution < -0.4 is 0 Å². The number of nitrogens with zero attached hydrogens (tertiary/aromatic N) is 3. The molecule has 2 amide bonds. The van der Waals surface area contributed by atoms with Crippen molar-refractivity contribution in [3.8, 4) is 0 Å². The van der Waals surface area contributed by atoms with Gasteiger partial charge in [0.1, 0.15) is 17.9 Å². The van der Waals surface area contributed by atoms with Gasteiger partial charge in [-0.05, 0) is 31.9 Å². The van der Waals surface area contributed by atoms with Crippen molar-refractivity contribution in [3.63, 3.8) is 0 Å². The van der Waals surface area contributed by atoms with Crippen LogP contribution in [0.25, 0.3) is 11.0 Å². The van der Waals surface area contributed by atoms with Crippen molar-refractivity contribution in [2.24, 2.45) is 5.92 Å². The third-order valence-electron chi connectivity index (χ3n) is 5.68. The first kappa shape index (κ1) is 22.1. The van der Waals surface area contributed by atoms with E-state index in [4.69, 9.17) is 13.7 Å². The van der Waals surface area contributed by atoms with Crippen LogP contribution in [0, 0.1) is 19.8 Å². The molecule has 1 atom stereocenters. The van der Waals surface area contributed by atoms with Crippen LogP contribution in [0.1, 0.15) is 41.4 Å². The summed E-state index contributed by atoms with van der Waals surface area (Å²) in [7, 11) is 0. The lowest BCUT2D eigenvalue weighted by molar-refractivity contribution is -0.132. The molecule has 32 heavy (non-hydrogen) atoms. The molecule has 1 saturated heterocycles. The van der Waals surface area contributed by atoms with E-state index in [0.29, 0.717) is 43.5 Å². The smallest absolute Gasteiger partial charge is 0.290 e. The Hall–Kier alpha value is -3.13. The van der Waals surface area contributed by atoms with Gasteiger partial charge in [0.05, 0.1) is 18.4 Å². The summed E-state index contributed by atoms with van der Waals surface area (Å²) in [6.45, 7) is 9.47. The van der Waals surface area contributed by atoms with Crippen molar-refractivity contribution < 1.29 is 23.3 Å². The van der Waals surface area contributed by atoms with Crippen molar-refractivity contribution in [2.45, 2.75) is 40.4 Å². The van der Waals surface area contributed by atoms with Crippen LogP contribution in [0.15, 0.2) is 39.3 Å². The van der Waals surface area contributed by atoms with Crippen molar-refractivity contribution in [2.75, 3.05) is 26.2 Å². The molecule has 0 radical (unpaired) electrons. The second-order valence-electron chi connectivity index (χ2n) is 8.76. The average Bonchev–Trinajstić information content (AvgIpc) is 3.28. The van der Waals surface area contributed by atoms with E-state index in [9.17, 15) is 9.59 Å². The van der Waals surface area contributed by atoms with E-state index >= 15 is 0 Å². The van der Waals surface area contributed by atoms with Crippen LogP contribution in [0.4, 0.5) is 0 Å². The molecule has 4 rings (SSSR count). The zero-order valence-electron chi connectivity index (χ0n) is 19.0. The topological polar surface area (TPSA) is 89.0 Å². The molecule has 1 aliphatic heterocycles. The first-order chi connectivity index (χ1) is 15.3. The van der Waals surface area contributed by atoms with Gasteiger partial charge >= 0.3 is 0 Å². The van der Waals surface area contributed by atoms with E-state index in [1.54, 1.807) is 11.0 Å². The number of furan rings is 1. The van der Waals surface area contributed by atoms with Gasteiger partial charge in [0.2, 0.25) is 5.91 Å². The molecule has 0 N–H and O–H groups in total. The third-order valence-corrected chi connectivity index (χ3v) is 5.68. The van der Waals surface area contributed by atoms with E-state index < -0.39 is 0 Å². The summed E-state index contributed by atoms with van der Waals surface area (Å²) in [6, 6.07) is 9.18. The van der Waals surface area contributed by atoms with Crippen LogP contribution in [0.2, 0.25) is 0 Å². The molecule has 1 fully saturated rings. The van der Waals surface area contributed by atoms with E-state index in [-0.39, 0.29) is 30.2 Å². The molecule has 0 unspecified atom stereocenters. The van der Waals surface area contributed by atoms with Gasteiger partial charge in [0.25, 0.3) is 5.91 Å². The van der Waals surface area contributed by atoms with E-state index in [2.05, 4.69) is 19.0 Å². The Labute approximate surface area is 187 Å². The quantitative estimate of drug-likeness (QED) is 0.583. The van der Waals surface area contributed by atoms with Crippen LogP contribution in [-0.2, 0) is 16.1 Å². The fraction of sp³-hybridized carbons (Fsp3) is 0.458. The first-order valence-electron chi connectivity index (χ1n) is 10.9. The number of aromatic nitrogens is 1. The number of amides is 2. The van der Waals surface area contributed by atoms with Gasteiger partial charge in [-0.25, -0.2) is 0 Å². The zero-order chi connectivity index (χ0) is 22.8. The summed E-state index contributed by atoms with van der Waals surface area (Å²) < 4.78 is 17.2. The van der Waals surface area contributed by atoms with E-state index in [0.717, 1.165) is 16.6 Å². The third kappa shape index (κ3) is 4.70. The molecule has 3 heterocycles. The lowest BCUT2D eigenvalue weighted by atomic mass is 10.2. The molecule has 1 aromatic carbocycles. The van der Waals surface area contributed by atoms with E-state index in [1.807, 2.05) is 38.1 Å². The number of aryl methyl sites for hydroxylation is 2. The highest BCUT2D eigenvalue weighted by Crippen LogP contribution is 2.22. The summed E-state index contributed by atoms with van der Waals surface area (Å²) in [5, 5.41) is 4.82. The Morgan fingerprint density at radius 1 is 1.25 bits per heavy atom. The number of para-hydroxylation sites is 1. The van der Waals surface area contributed by atoms with Gasteiger partial charge in [0.15, 0.2) is 5.76 Å². The summed E-state index contributed by atoms with van der Waals surface area (Å²) in [4.78, 5) is 29.6. The standard InChI is InChI=1S/C24H29N3O5/c1-15(2)10-26-11-19(30-14-20-16(3)25-32-17(20)4)12-27(13-23(26)28)24(29)22-9-18-7-5-6-8-21(18)31-22/h5-9,15,19H,10-14H2,1-4H3/t19-/m0/s1. The van der Waals surface area contributed by atoms with Crippen molar-refractivity contribution >= 4 is 22.8 Å². The number of benzene rings is 1. The van der Waals surface area contributed by atoms with Crippen molar-refractivity contribution in [1.29, 1.82) is 0 Å². The van der Waals surface area contributed by atoms with Crippen LogP contribution in [0.3, 0.4) is 0 Å². The SMILES string of the molecule is Cc1noc(C)c1CO[C@H]1CN(CC(C)C)C(=O)CN(C(=O)c2cc3ccccc3o2)C1. The summed E-state index contributed by atoms with van der Waals surface area (Å²) >= 11 is 0. The van der Waals surface area contributed by atoms with Crippen LogP contribution in [0.5, 0.6) is 0 Å². The predicted octanol–water partition coefficient (Wildman–Crippen LogP) is 3.56. The van der Waals surface area contributed by atoms with Gasteiger partial charge < -0.3 is 23.5 Å². The lowest BCUT2D eigenvalue weighted by Gasteiger charge is -2.25. The summed E-state index contributed by atoms with van der Waals surface area (Å²) in [6.07, 6.45) is -0.345. The van der Waals surface area contributed by atoms with E-state index in [1.165, 1.54) is 4.90 Å². The molecule has 0 spiro atoms. The normalized spacial score (nSPS) is 17.4. The Kier molecular flexibility index (Phi) is 6.32. The minimum absolute atomic E-state index is 0.00617. The zero-order valence-corrected chi connectivity index (χ0v) is 19.0. The molecule has 3 aromatic rings. The molecule has 8 heteroatoms. The predicted molar refractivity (Wildman–Crippen MR) is 118 cm³/mol. The Morgan fingerprint density at radius 2 is 2.03 bits per heavy atom. The Morgan fingerprint density at radius 3 is 2.72 bits per heavy atom. The molecule has 0 saturated carbocycles. The average molecular weight is 440 g/mol. The molecular weight excluding hydrogens is 410 g/mol. The summed E-state index contributed by atoms with van der Waals surface area (Å²) in [5.41, 5.74) is 2.32. The van der Waals surface area contributed by atoms with Gasteiger partial charge in [-0.15, -0.1) is 0 Å². The number of hydrogen-bond donors (Lipinski definition) is 0. The lowest BCUT2D eigenvalue weighted by Crippen LogP contribution is -2.40. The highest BCUT2D eigenvalue weighted by atomic mass is 16.5. The maximum absolute atomic E-state index is 13.3. The monoisotopic (exact) mass is 439 g/mol. The molecule has 0 aliphatic carbocycles. The van der Waals surface area contributed by atoms with Crippen molar-refractivity contribution in [3.05, 3.63) is 53.1 Å². The summed E-state index contributed by atoms with van der Waals surface area (Å²) in [5.74, 6) is 0.834. The van der Waals surface area contributed by atoms with Crippen LogP contribution in [-0.4, -0.2) is 59.1 Å². The number of hydrogen-bond acceptors (Lipinski definition) is 6. The second kappa shape index (κ2) is 9.16. The molecule has 170 valence electrons. The molecule has 8 nitrogen and oxygen atoms in total. The van der Waals surface area contributed by atoms with Gasteiger partial charge in [-0.3, -0.25) is 9.59 Å². The fourth-order valence-corrected chi connectivity index (χ4v) is 4.01. The number of fused-ring (bicyclic) bond motifs is 1. The second-order valence-corrected chi connectivity index (χ2v) is 8.76. The van der Waals surface area contributed by atoms with Gasteiger partial charge in [-0.2, -0.15) is 0 Å². The largest absolute Gasteiger partial charge is 0.451 e. The number of carbonyl (C=O) groups excluding carboxylic acids is 2. The fourth-order valence-electron chi connectivity index (χ4n) is 4.01. The highest BCUT2D eigenvalue weighted by molar-refractivity contribution is 5.98. The molecule has 1 aliphatic rings. The number of rotatable bonds is 6. The Bertz CT molecular complexity index is 1060. The minimum atomic E-state index is -0.345. The van der Waals surface area contributed by atoms with Crippen molar-refractivity contribution in [1.82, 2.24) is 15.0 Å². The minimum Gasteiger partial charge on any atom is -0.451 e. The maximum Gasteiger partial charge on any atom is 0.290 e. The Balaban J connectivity index is 1.55. The number of carbonyl (C=O) groups is 2. The first-order valence-corrected chi connectivity index (χ1v) is 10.9. The number of ether oxygens (including phenoxy) is 1. The molecule has 0 bridgehead atoms. The maximum atomic E-state index is 13.3. The molecule has 2 aromatic heterocycles. The van der Waals surface area contributed by atoms with Gasteiger partial charge in [-0.1, -0.05) is 37.2 Å². The molecular formula is C24H29N3O5. The highest BCUT2D eigenvalue weighted by Gasteiger charge is 2.33.